The van der Waals surface area contributed by atoms with Crippen molar-refractivity contribution in [2.75, 3.05) is 31.2 Å². The van der Waals surface area contributed by atoms with Gasteiger partial charge in [0.15, 0.2) is 0 Å². The summed E-state index contributed by atoms with van der Waals surface area (Å²) >= 11 is 6.18. The molecular weight excluding hydrogens is 238 g/mol. The Labute approximate surface area is 107 Å². The van der Waals surface area contributed by atoms with Gasteiger partial charge in [-0.1, -0.05) is 25.4 Å². The molecule has 0 spiro atoms. The molecule has 0 bridgehead atoms. The summed E-state index contributed by atoms with van der Waals surface area (Å²) in [5.41, 5.74) is 1.04. The van der Waals surface area contributed by atoms with E-state index in [9.17, 15) is 0 Å². The van der Waals surface area contributed by atoms with Crippen molar-refractivity contribution in [1.82, 2.24) is 9.97 Å². The van der Waals surface area contributed by atoms with Gasteiger partial charge in [-0.25, -0.2) is 9.97 Å². The van der Waals surface area contributed by atoms with E-state index in [0.29, 0.717) is 11.1 Å². The Morgan fingerprint density at radius 1 is 1.29 bits per heavy atom. The van der Waals surface area contributed by atoms with E-state index >= 15 is 0 Å². The monoisotopic (exact) mass is 255 g/mol. The van der Waals surface area contributed by atoms with Crippen LogP contribution < -0.4 is 4.90 Å². The number of ether oxygens (including phenoxy) is 1. The highest BCUT2D eigenvalue weighted by atomic mass is 35.5. The van der Waals surface area contributed by atoms with Gasteiger partial charge in [-0.3, -0.25) is 0 Å². The first-order valence-electron chi connectivity index (χ1n) is 6.03. The van der Waals surface area contributed by atoms with Crippen LogP contribution in [-0.2, 0) is 4.74 Å². The predicted molar refractivity (Wildman–Crippen MR) is 68.8 cm³/mol. The summed E-state index contributed by atoms with van der Waals surface area (Å²) in [6.07, 6.45) is 2.56. The van der Waals surface area contributed by atoms with Crippen LogP contribution >= 0.6 is 11.6 Å². The van der Waals surface area contributed by atoms with E-state index < -0.39 is 0 Å². The lowest BCUT2D eigenvalue weighted by Gasteiger charge is -2.24. The van der Waals surface area contributed by atoms with Crippen molar-refractivity contribution in [3.63, 3.8) is 0 Å². The Morgan fingerprint density at radius 3 is 2.88 bits per heavy atom. The van der Waals surface area contributed by atoms with Gasteiger partial charge in [0, 0.05) is 25.3 Å². The van der Waals surface area contributed by atoms with E-state index in [1.54, 1.807) is 0 Å². The highest BCUT2D eigenvalue weighted by molar-refractivity contribution is 6.30. The molecule has 1 aliphatic rings. The average Bonchev–Trinajstić information content (AvgIpc) is 2.56. The molecule has 0 aromatic carbocycles. The number of halogens is 1. The maximum absolute atomic E-state index is 6.18. The fourth-order valence-corrected chi connectivity index (χ4v) is 2.42. The van der Waals surface area contributed by atoms with Gasteiger partial charge >= 0.3 is 0 Å². The molecule has 5 heteroatoms. The Kier molecular flexibility index (Phi) is 4.18. The third-order valence-electron chi connectivity index (χ3n) is 2.91. The maximum atomic E-state index is 6.18. The SMILES string of the molecule is CC(C)c1c(Cl)ncnc1N1CCCOCC1. The van der Waals surface area contributed by atoms with Gasteiger partial charge in [-0.05, 0) is 12.3 Å². The molecule has 4 nitrogen and oxygen atoms in total. The molecule has 0 amide bonds. The lowest BCUT2D eigenvalue weighted by molar-refractivity contribution is 0.152. The van der Waals surface area contributed by atoms with Crippen LogP contribution in [0.25, 0.3) is 0 Å². The lowest BCUT2D eigenvalue weighted by atomic mass is 10.1. The second-order valence-corrected chi connectivity index (χ2v) is 4.87. The Morgan fingerprint density at radius 2 is 2.12 bits per heavy atom. The van der Waals surface area contributed by atoms with Crippen LogP contribution in [0.4, 0.5) is 5.82 Å². The smallest absolute Gasteiger partial charge is 0.138 e. The van der Waals surface area contributed by atoms with Crippen LogP contribution in [0.15, 0.2) is 6.33 Å². The molecule has 94 valence electrons. The summed E-state index contributed by atoms with van der Waals surface area (Å²) < 4.78 is 5.46. The van der Waals surface area contributed by atoms with Gasteiger partial charge in [0.25, 0.3) is 0 Å². The van der Waals surface area contributed by atoms with Gasteiger partial charge in [0.2, 0.25) is 0 Å². The molecule has 0 N–H and O–H groups in total. The van der Waals surface area contributed by atoms with Gasteiger partial charge < -0.3 is 9.64 Å². The highest BCUT2D eigenvalue weighted by Crippen LogP contribution is 2.30. The third-order valence-corrected chi connectivity index (χ3v) is 3.21. The fraction of sp³-hybridized carbons (Fsp3) is 0.667. The molecule has 2 rings (SSSR count). The number of nitrogens with zero attached hydrogens (tertiary/aromatic N) is 3. The third kappa shape index (κ3) is 2.87. The van der Waals surface area contributed by atoms with E-state index in [4.69, 9.17) is 16.3 Å². The highest BCUT2D eigenvalue weighted by Gasteiger charge is 2.19. The minimum atomic E-state index is 0.322. The zero-order valence-electron chi connectivity index (χ0n) is 10.3. The van der Waals surface area contributed by atoms with Crippen LogP contribution in [0.3, 0.4) is 0 Å². The molecule has 0 atom stereocenters. The van der Waals surface area contributed by atoms with Gasteiger partial charge in [0.1, 0.15) is 17.3 Å². The first-order chi connectivity index (χ1) is 8.20. The normalized spacial score (nSPS) is 17.3. The first kappa shape index (κ1) is 12.6. The van der Waals surface area contributed by atoms with Crippen LogP contribution in [-0.4, -0.2) is 36.3 Å². The Hall–Kier alpha value is -0.870. The van der Waals surface area contributed by atoms with Crippen LogP contribution in [0.1, 0.15) is 31.7 Å². The molecule has 2 heterocycles. The van der Waals surface area contributed by atoms with Crippen molar-refractivity contribution in [1.29, 1.82) is 0 Å². The summed E-state index contributed by atoms with van der Waals surface area (Å²) in [5.74, 6) is 1.29. The number of hydrogen-bond acceptors (Lipinski definition) is 4. The van der Waals surface area contributed by atoms with Gasteiger partial charge in [-0.15, -0.1) is 0 Å². The molecule has 1 aromatic heterocycles. The predicted octanol–water partition coefficient (Wildman–Crippen LogP) is 2.48. The zero-order valence-corrected chi connectivity index (χ0v) is 11.1. The molecule has 1 saturated heterocycles. The number of anilines is 1. The van der Waals surface area contributed by atoms with Crippen molar-refractivity contribution >= 4 is 17.4 Å². The number of aromatic nitrogens is 2. The second-order valence-electron chi connectivity index (χ2n) is 4.51. The molecule has 1 aromatic rings. The molecular formula is C12H18ClN3O. The van der Waals surface area contributed by atoms with Crippen LogP contribution in [0.2, 0.25) is 5.15 Å². The van der Waals surface area contributed by atoms with Crippen LogP contribution in [0.5, 0.6) is 0 Å². The summed E-state index contributed by atoms with van der Waals surface area (Å²) in [4.78, 5) is 10.7. The van der Waals surface area contributed by atoms with Crippen molar-refractivity contribution in [2.24, 2.45) is 0 Å². The summed E-state index contributed by atoms with van der Waals surface area (Å²) in [7, 11) is 0. The van der Waals surface area contributed by atoms with Crippen molar-refractivity contribution in [3.8, 4) is 0 Å². The fourth-order valence-electron chi connectivity index (χ4n) is 2.07. The van der Waals surface area contributed by atoms with E-state index in [1.807, 2.05) is 0 Å². The minimum Gasteiger partial charge on any atom is -0.380 e. The van der Waals surface area contributed by atoms with Crippen molar-refractivity contribution < 1.29 is 4.74 Å². The van der Waals surface area contributed by atoms with E-state index in [-0.39, 0.29) is 0 Å². The molecule has 1 aliphatic heterocycles. The standard InChI is InChI=1S/C12H18ClN3O/c1-9(2)10-11(13)14-8-15-12(10)16-4-3-6-17-7-5-16/h8-9H,3-7H2,1-2H3. The van der Waals surface area contributed by atoms with Crippen molar-refractivity contribution in [3.05, 3.63) is 17.0 Å². The van der Waals surface area contributed by atoms with E-state index in [0.717, 1.165) is 44.1 Å². The molecule has 0 saturated carbocycles. The average molecular weight is 256 g/mol. The molecule has 0 radical (unpaired) electrons. The van der Waals surface area contributed by atoms with Crippen molar-refractivity contribution in [2.45, 2.75) is 26.2 Å². The summed E-state index contributed by atoms with van der Waals surface area (Å²) in [6.45, 7) is 7.64. The number of rotatable bonds is 2. The zero-order chi connectivity index (χ0) is 12.3. The minimum absolute atomic E-state index is 0.322. The molecule has 0 aliphatic carbocycles. The first-order valence-corrected chi connectivity index (χ1v) is 6.41. The largest absolute Gasteiger partial charge is 0.380 e. The second kappa shape index (κ2) is 5.65. The lowest BCUT2D eigenvalue weighted by Crippen LogP contribution is -2.28. The topological polar surface area (TPSA) is 38.2 Å². The quantitative estimate of drug-likeness (QED) is 0.761. The summed E-state index contributed by atoms with van der Waals surface area (Å²) in [5, 5.41) is 0.565. The van der Waals surface area contributed by atoms with Crippen LogP contribution in [0, 0.1) is 0 Å². The number of hydrogen-bond donors (Lipinski definition) is 0. The van der Waals surface area contributed by atoms with E-state index in [1.165, 1.54) is 6.33 Å². The Balaban J connectivity index is 2.32. The Bertz CT molecular complexity index is 376. The molecule has 0 unspecified atom stereocenters. The summed E-state index contributed by atoms with van der Waals surface area (Å²) in [6, 6.07) is 0. The molecule has 17 heavy (non-hydrogen) atoms. The van der Waals surface area contributed by atoms with Gasteiger partial charge in [-0.2, -0.15) is 0 Å². The van der Waals surface area contributed by atoms with E-state index in [2.05, 4.69) is 28.7 Å². The maximum Gasteiger partial charge on any atom is 0.138 e. The van der Waals surface area contributed by atoms with Gasteiger partial charge in [0.05, 0.1) is 6.61 Å². The molecule has 1 fully saturated rings.